The van der Waals surface area contributed by atoms with Gasteiger partial charge in [-0.2, -0.15) is 0 Å². The monoisotopic (exact) mass is 1130 g/mol. The zero-order valence-corrected chi connectivity index (χ0v) is 50.4. The van der Waals surface area contributed by atoms with Crippen LogP contribution >= 0.6 is 0 Å². The van der Waals surface area contributed by atoms with E-state index in [1.165, 1.54) is 225 Å². The van der Waals surface area contributed by atoms with Crippen LogP contribution in [0.1, 0.15) is 303 Å². The summed E-state index contributed by atoms with van der Waals surface area (Å²) in [7, 11) is 0. The van der Waals surface area contributed by atoms with Gasteiger partial charge in [0.2, 0.25) is 0 Å². The summed E-state index contributed by atoms with van der Waals surface area (Å²) in [4.78, 5) is 26.0. The first-order valence-corrected chi connectivity index (χ1v) is 33.1. The smallest absolute Gasteiger partial charge is 0.306 e. The van der Waals surface area contributed by atoms with Gasteiger partial charge in [0.15, 0.2) is 18.7 Å². The van der Waals surface area contributed by atoms with Gasteiger partial charge in [-0.05, 0) is 12.8 Å². The molecule has 468 valence electrons. The molecule has 0 aliphatic carbocycles. The summed E-state index contributed by atoms with van der Waals surface area (Å²) < 4.78 is 33.8. The van der Waals surface area contributed by atoms with Crippen LogP contribution in [0.15, 0.2) is 0 Å². The molecule has 0 amide bonds. The van der Waals surface area contributed by atoms with Crippen LogP contribution in [0.4, 0.5) is 0 Å². The Morgan fingerprint density at radius 1 is 0.354 bits per heavy atom. The van der Waals surface area contributed by atoms with Crippen LogP contribution in [-0.2, 0) is 38.0 Å². The number of esters is 2. The molecule has 15 nitrogen and oxygen atoms in total. The van der Waals surface area contributed by atoms with E-state index in [0.29, 0.717) is 12.8 Å². The highest BCUT2D eigenvalue weighted by atomic mass is 16.7. The first-order valence-electron chi connectivity index (χ1n) is 33.1. The minimum atomic E-state index is -1.76. The molecule has 11 atom stereocenters. The van der Waals surface area contributed by atoms with E-state index in [2.05, 4.69) is 13.8 Å². The molecular formula is C64H122O15. The molecule has 15 heteroatoms. The largest absolute Gasteiger partial charge is 0.462 e. The van der Waals surface area contributed by atoms with Gasteiger partial charge >= 0.3 is 11.9 Å². The van der Waals surface area contributed by atoms with E-state index in [9.17, 15) is 45.3 Å². The normalized spacial score (nSPS) is 23.8. The van der Waals surface area contributed by atoms with Crippen molar-refractivity contribution in [3.8, 4) is 0 Å². The Kier molecular flexibility index (Phi) is 47.5. The van der Waals surface area contributed by atoms with Gasteiger partial charge in [0, 0.05) is 12.8 Å². The second-order valence-electron chi connectivity index (χ2n) is 23.7. The highest BCUT2D eigenvalue weighted by Gasteiger charge is 2.47. The van der Waals surface area contributed by atoms with Crippen molar-refractivity contribution in [1.29, 1.82) is 0 Å². The molecule has 2 aliphatic heterocycles. The Labute approximate surface area is 480 Å². The van der Waals surface area contributed by atoms with E-state index in [4.69, 9.17) is 28.4 Å². The van der Waals surface area contributed by atoms with Crippen molar-refractivity contribution in [3.05, 3.63) is 0 Å². The fourth-order valence-electron chi connectivity index (χ4n) is 11.0. The number of ether oxygens (including phenoxy) is 6. The van der Waals surface area contributed by atoms with Gasteiger partial charge in [-0.1, -0.05) is 277 Å². The lowest BCUT2D eigenvalue weighted by atomic mass is 9.98. The van der Waals surface area contributed by atoms with Crippen molar-refractivity contribution >= 4 is 11.9 Å². The summed E-state index contributed by atoms with van der Waals surface area (Å²) in [6.45, 7) is 2.69. The molecule has 7 N–H and O–H groups in total. The average molecular weight is 1130 g/mol. The van der Waals surface area contributed by atoms with Crippen molar-refractivity contribution in [2.45, 2.75) is 370 Å². The molecule has 2 aliphatic rings. The highest BCUT2D eigenvalue weighted by molar-refractivity contribution is 5.70. The maximum Gasteiger partial charge on any atom is 0.306 e. The van der Waals surface area contributed by atoms with Crippen LogP contribution in [0.2, 0.25) is 0 Å². The standard InChI is InChI=1S/C64H122O15/c1-3-5-7-9-11-13-15-17-19-21-23-25-26-27-29-30-32-34-36-38-40-42-44-46-55(66)74-49-52(77-56(67)47-45-43-41-39-37-35-33-31-28-24-22-20-18-16-14-12-10-8-6-4-2)50-75-63-62(73)60(71)58(69)54(79-63)51-76-64-61(72)59(70)57(68)53(48-65)78-64/h52-54,57-65,68-73H,3-51H2,1-2H3/t52-,53+,54+,57-,58-,59?,60?,61?,62?,63+,64+/m0/s1. The number of carbonyl (C=O) groups is 2. The topological polar surface area (TPSA) is 231 Å². The summed E-state index contributed by atoms with van der Waals surface area (Å²) in [5.74, 6) is -0.898. The lowest BCUT2D eigenvalue weighted by molar-refractivity contribution is -0.332. The zero-order valence-electron chi connectivity index (χ0n) is 50.4. The summed E-state index contributed by atoms with van der Waals surface area (Å²) >= 11 is 0. The number of hydrogen-bond donors (Lipinski definition) is 7. The van der Waals surface area contributed by atoms with Gasteiger partial charge in [0.25, 0.3) is 0 Å². The number of unbranched alkanes of at least 4 members (excludes halogenated alkanes) is 41. The number of hydrogen-bond acceptors (Lipinski definition) is 15. The average Bonchev–Trinajstić information content (AvgIpc) is 3.52. The van der Waals surface area contributed by atoms with E-state index in [0.717, 1.165) is 38.5 Å². The molecule has 2 fully saturated rings. The van der Waals surface area contributed by atoms with Gasteiger partial charge in [0.05, 0.1) is 19.8 Å². The number of rotatable bonds is 55. The number of aliphatic hydroxyl groups excluding tert-OH is 7. The summed E-state index contributed by atoms with van der Waals surface area (Å²) in [6.07, 6.45) is 38.4. The molecule has 0 radical (unpaired) electrons. The maximum absolute atomic E-state index is 13.1. The summed E-state index contributed by atoms with van der Waals surface area (Å²) in [5.41, 5.74) is 0. The van der Waals surface area contributed by atoms with Crippen LogP contribution in [0, 0.1) is 0 Å². The van der Waals surface area contributed by atoms with E-state index >= 15 is 0 Å². The van der Waals surface area contributed by atoms with Crippen molar-refractivity contribution in [1.82, 2.24) is 0 Å². The van der Waals surface area contributed by atoms with Gasteiger partial charge in [0.1, 0.15) is 55.4 Å². The van der Waals surface area contributed by atoms with Crippen molar-refractivity contribution in [2.24, 2.45) is 0 Å². The second-order valence-corrected chi connectivity index (χ2v) is 23.7. The predicted octanol–water partition coefficient (Wildman–Crippen LogP) is 12.7. The molecular weight excluding hydrogens is 1010 g/mol. The minimum Gasteiger partial charge on any atom is -0.462 e. The fraction of sp³-hybridized carbons (Fsp3) is 0.969. The van der Waals surface area contributed by atoms with Crippen LogP contribution in [0.25, 0.3) is 0 Å². The second kappa shape index (κ2) is 51.0. The lowest BCUT2D eigenvalue weighted by Crippen LogP contribution is -2.61. The van der Waals surface area contributed by atoms with E-state index < -0.39 is 92.7 Å². The Morgan fingerprint density at radius 2 is 0.646 bits per heavy atom. The molecule has 0 aromatic carbocycles. The quantitative estimate of drug-likeness (QED) is 0.0222. The van der Waals surface area contributed by atoms with Gasteiger partial charge in [-0.15, -0.1) is 0 Å². The maximum atomic E-state index is 13.1. The molecule has 4 unspecified atom stereocenters. The number of aliphatic hydroxyl groups is 7. The summed E-state index contributed by atoms with van der Waals surface area (Å²) in [6, 6.07) is 0. The van der Waals surface area contributed by atoms with Crippen LogP contribution < -0.4 is 0 Å². The third kappa shape index (κ3) is 37.4. The molecule has 0 bridgehead atoms. The van der Waals surface area contributed by atoms with Crippen LogP contribution in [0.3, 0.4) is 0 Å². The first kappa shape index (κ1) is 73.6. The van der Waals surface area contributed by atoms with E-state index in [-0.39, 0.29) is 26.1 Å². The van der Waals surface area contributed by atoms with Crippen molar-refractivity contribution < 1.29 is 73.8 Å². The Hall–Kier alpha value is -1.50. The van der Waals surface area contributed by atoms with E-state index in [1.807, 2.05) is 0 Å². The molecule has 2 rings (SSSR count). The number of carbonyl (C=O) groups excluding carboxylic acids is 2. The third-order valence-corrected chi connectivity index (χ3v) is 16.3. The minimum absolute atomic E-state index is 0.174. The molecule has 2 heterocycles. The highest BCUT2D eigenvalue weighted by Crippen LogP contribution is 2.27. The fourth-order valence-corrected chi connectivity index (χ4v) is 11.0. The van der Waals surface area contributed by atoms with Gasteiger partial charge in [-0.3, -0.25) is 9.59 Å². The molecule has 0 spiro atoms. The van der Waals surface area contributed by atoms with Crippen LogP contribution in [-0.4, -0.2) is 142 Å². The molecule has 0 saturated carbocycles. The summed E-state index contributed by atoms with van der Waals surface area (Å²) in [5, 5.41) is 72.5. The van der Waals surface area contributed by atoms with Crippen molar-refractivity contribution in [3.63, 3.8) is 0 Å². The van der Waals surface area contributed by atoms with Gasteiger partial charge in [-0.25, -0.2) is 0 Å². The van der Waals surface area contributed by atoms with E-state index in [1.54, 1.807) is 0 Å². The predicted molar refractivity (Wildman–Crippen MR) is 312 cm³/mol. The first-order chi connectivity index (χ1) is 38.5. The SMILES string of the molecule is CCCCCCCCCCCCCCCCCCCCCCCCCC(=O)OC[C@@H](CO[C@@H]1O[C@H](CO[C@@H]2O[C@H](CO)[C@H](O)C(O)C2O)[C@H](O)C(O)C1O)OC(=O)CCCCCCCCCCCCCCCCCCCCCC. The van der Waals surface area contributed by atoms with Crippen molar-refractivity contribution in [2.75, 3.05) is 26.4 Å². The molecule has 0 aromatic rings. The zero-order chi connectivity index (χ0) is 57.4. The Balaban J connectivity index is 1.68. The Bertz CT molecular complexity index is 1370. The Morgan fingerprint density at radius 3 is 0.987 bits per heavy atom. The van der Waals surface area contributed by atoms with Gasteiger partial charge < -0.3 is 64.2 Å². The third-order valence-electron chi connectivity index (χ3n) is 16.3. The van der Waals surface area contributed by atoms with Crippen LogP contribution in [0.5, 0.6) is 0 Å². The molecule has 2 saturated heterocycles. The molecule has 79 heavy (non-hydrogen) atoms. The molecule has 0 aromatic heterocycles. The lowest BCUT2D eigenvalue weighted by Gasteiger charge is -2.42.